The third kappa shape index (κ3) is 4.22. The largest absolute Gasteiger partial charge is 0.447 e. The SMILES string of the molecule is C[Si](C)(CCC(=O)N1C(=O)OC[C@H]1Cc1ccccc1)c1ccccc1. The topological polar surface area (TPSA) is 46.6 Å². The Morgan fingerprint density at radius 3 is 2.35 bits per heavy atom. The molecule has 1 saturated heterocycles. The van der Waals surface area contributed by atoms with Crippen molar-refractivity contribution in [3.8, 4) is 0 Å². The van der Waals surface area contributed by atoms with Crippen LogP contribution in [0.1, 0.15) is 12.0 Å². The van der Waals surface area contributed by atoms with Crippen LogP contribution in [-0.4, -0.2) is 37.6 Å². The molecule has 3 rings (SSSR count). The molecule has 0 unspecified atom stereocenters. The molecule has 1 fully saturated rings. The smallest absolute Gasteiger partial charge is 0.416 e. The number of hydrogen-bond acceptors (Lipinski definition) is 3. The van der Waals surface area contributed by atoms with E-state index in [0.717, 1.165) is 11.6 Å². The van der Waals surface area contributed by atoms with Crippen LogP contribution in [0.15, 0.2) is 60.7 Å². The molecule has 0 spiro atoms. The number of hydrogen-bond donors (Lipinski definition) is 0. The highest BCUT2D eigenvalue weighted by atomic mass is 28.3. The maximum atomic E-state index is 12.8. The quantitative estimate of drug-likeness (QED) is 0.733. The molecular formula is C21H25NO3Si. The van der Waals surface area contributed by atoms with E-state index in [-0.39, 0.29) is 18.6 Å². The van der Waals surface area contributed by atoms with Gasteiger partial charge in [-0.05, 0) is 18.0 Å². The zero-order chi connectivity index (χ0) is 18.6. The summed E-state index contributed by atoms with van der Waals surface area (Å²) in [7, 11) is -1.71. The van der Waals surface area contributed by atoms with Crippen LogP contribution >= 0.6 is 0 Å². The molecule has 0 aliphatic carbocycles. The van der Waals surface area contributed by atoms with Crippen molar-refractivity contribution in [1.82, 2.24) is 4.90 Å². The van der Waals surface area contributed by atoms with E-state index in [1.807, 2.05) is 48.5 Å². The van der Waals surface area contributed by atoms with Crippen LogP contribution in [0.4, 0.5) is 4.79 Å². The lowest BCUT2D eigenvalue weighted by molar-refractivity contribution is -0.128. The molecule has 0 radical (unpaired) electrons. The van der Waals surface area contributed by atoms with Gasteiger partial charge in [0.1, 0.15) is 6.61 Å². The number of benzene rings is 2. The number of cyclic esters (lactones) is 1. The molecule has 1 aliphatic heterocycles. The van der Waals surface area contributed by atoms with Gasteiger partial charge in [-0.3, -0.25) is 4.79 Å². The standard InChI is InChI=1S/C21H25NO3Si/c1-26(2,19-11-7-4-8-12-19)14-13-20(23)22-18(16-25-21(22)24)15-17-9-5-3-6-10-17/h3-12,18H,13-16H2,1-2H3/t18-/m1/s1. The van der Waals surface area contributed by atoms with E-state index in [1.165, 1.54) is 10.1 Å². The lowest BCUT2D eigenvalue weighted by Crippen LogP contribution is -2.44. The van der Waals surface area contributed by atoms with E-state index >= 15 is 0 Å². The second-order valence-corrected chi connectivity index (χ2v) is 12.3. The number of nitrogens with zero attached hydrogens (tertiary/aromatic N) is 1. The summed E-state index contributed by atoms with van der Waals surface area (Å²) in [5.41, 5.74) is 1.10. The summed E-state index contributed by atoms with van der Waals surface area (Å²) >= 11 is 0. The van der Waals surface area contributed by atoms with E-state index in [0.29, 0.717) is 12.8 Å². The molecule has 1 heterocycles. The molecule has 5 heteroatoms. The Balaban J connectivity index is 1.64. The summed E-state index contributed by atoms with van der Waals surface area (Å²) in [5, 5.41) is 1.33. The van der Waals surface area contributed by atoms with Gasteiger partial charge in [-0.25, -0.2) is 9.69 Å². The van der Waals surface area contributed by atoms with E-state index < -0.39 is 14.2 Å². The van der Waals surface area contributed by atoms with Crippen molar-refractivity contribution in [1.29, 1.82) is 0 Å². The Morgan fingerprint density at radius 2 is 1.69 bits per heavy atom. The van der Waals surface area contributed by atoms with Gasteiger partial charge in [-0.2, -0.15) is 0 Å². The minimum absolute atomic E-state index is 0.120. The van der Waals surface area contributed by atoms with Gasteiger partial charge in [0.25, 0.3) is 0 Å². The van der Waals surface area contributed by atoms with Crippen molar-refractivity contribution in [2.75, 3.05) is 6.61 Å². The van der Waals surface area contributed by atoms with E-state index in [2.05, 4.69) is 25.2 Å². The third-order valence-corrected chi connectivity index (χ3v) is 8.46. The first kappa shape index (κ1) is 18.4. The maximum absolute atomic E-state index is 12.8. The highest BCUT2D eigenvalue weighted by Crippen LogP contribution is 2.21. The molecule has 4 nitrogen and oxygen atoms in total. The average Bonchev–Trinajstić information content (AvgIpc) is 3.02. The predicted octanol–water partition coefficient (Wildman–Crippen LogP) is 3.58. The normalized spacial score (nSPS) is 17.2. The van der Waals surface area contributed by atoms with Gasteiger partial charge < -0.3 is 4.74 Å². The second kappa shape index (κ2) is 7.87. The van der Waals surface area contributed by atoms with Crippen LogP contribution in [0.25, 0.3) is 0 Å². The molecule has 0 bridgehead atoms. The molecule has 136 valence electrons. The fourth-order valence-electron chi connectivity index (χ4n) is 3.38. The Kier molecular flexibility index (Phi) is 5.57. The van der Waals surface area contributed by atoms with Crippen molar-refractivity contribution in [3.63, 3.8) is 0 Å². The summed E-state index contributed by atoms with van der Waals surface area (Å²) in [6, 6.07) is 20.9. The Morgan fingerprint density at radius 1 is 1.08 bits per heavy atom. The molecule has 26 heavy (non-hydrogen) atoms. The number of carbonyl (C=O) groups excluding carboxylic acids is 2. The van der Waals surface area contributed by atoms with Gasteiger partial charge in [-0.1, -0.05) is 78.9 Å². The van der Waals surface area contributed by atoms with Crippen molar-refractivity contribution in [3.05, 3.63) is 66.2 Å². The Labute approximate surface area is 155 Å². The molecule has 0 aromatic heterocycles. The van der Waals surface area contributed by atoms with Crippen LogP contribution in [0, 0.1) is 0 Å². The van der Waals surface area contributed by atoms with Crippen LogP contribution < -0.4 is 5.19 Å². The lowest BCUT2D eigenvalue weighted by atomic mass is 10.1. The van der Waals surface area contributed by atoms with Crippen molar-refractivity contribution >= 4 is 25.3 Å². The second-order valence-electron chi connectivity index (χ2n) is 7.43. The molecule has 0 N–H and O–H groups in total. The zero-order valence-corrected chi connectivity index (χ0v) is 16.4. The van der Waals surface area contributed by atoms with Crippen molar-refractivity contribution in [2.24, 2.45) is 0 Å². The van der Waals surface area contributed by atoms with E-state index in [4.69, 9.17) is 4.74 Å². The minimum atomic E-state index is -1.71. The number of carbonyl (C=O) groups is 2. The molecule has 1 aliphatic rings. The fraction of sp³-hybridized carbons (Fsp3) is 0.333. The fourth-order valence-corrected chi connectivity index (χ4v) is 5.60. The molecule has 1 atom stereocenters. The Bertz CT molecular complexity index is 761. The lowest BCUT2D eigenvalue weighted by Gasteiger charge is -2.25. The first-order valence-corrected chi connectivity index (χ1v) is 12.3. The monoisotopic (exact) mass is 367 g/mol. The van der Waals surface area contributed by atoms with Crippen molar-refractivity contribution < 1.29 is 14.3 Å². The molecule has 2 amide bonds. The predicted molar refractivity (Wildman–Crippen MR) is 105 cm³/mol. The molecule has 2 aromatic carbocycles. The van der Waals surface area contributed by atoms with Crippen LogP contribution in [0.2, 0.25) is 19.1 Å². The first-order chi connectivity index (χ1) is 12.5. The highest BCUT2D eigenvalue weighted by Gasteiger charge is 2.38. The molecular weight excluding hydrogens is 342 g/mol. The summed E-state index contributed by atoms with van der Waals surface area (Å²) in [4.78, 5) is 26.2. The first-order valence-electron chi connectivity index (χ1n) is 9.05. The Hall–Kier alpha value is -2.40. The summed E-state index contributed by atoms with van der Waals surface area (Å²) < 4.78 is 5.17. The van der Waals surface area contributed by atoms with Gasteiger partial charge in [0.05, 0.1) is 14.1 Å². The van der Waals surface area contributed by atoms with Crippen LogP contribution in [-0.2, 0) is 16.0 Å². The average molecular weight is 368 g/mol. The summed E-state index contributed by atoms with van der Waals surface area (Å²) in [6.45, 7) is 4.80. The highest BCUT2D eigenvalue weighted by molar-refractivity contribution is 6.89. The van der Waals surface area contributed by atoms with Crippen LogP contribution in [0.3, 0.4) is 0 Å². The molecule has 2 aromatic rings. The molecule has 0 saturated carbocycles. The van der Waals surface area contributed by atoms with Crippen LogP contribution in [0.5, 0.6) is 0 Å². The maximum Gasteiger partial charge on any atom is 0.416 e. The summed E-state index contributed by atoms with van der Waals surface area (Å²) in [6.07, 6.45) is 0.516. The van der Waals surface area contributed by atoms with Gasteiger partial charge in [0, 0.05) is 6.42 Å². The van der Waals surface area contributed by atoms with Gasteiger partial charge >= 0.3 is 6.09 Å². The van der Waals surface area contributed by atoms with E-state index in [9.17, 15) is 9.59 Å². The number of rotatable bonds is 6. The van der Waals surface area contributed by atoms with Gasteiger partial charge in [-0.15, -0.1) is 0 Å². The third-order valence-electron chi connectivity index (χ3n) is 5.06. The minimum Gasteiger partial charge on any atom is -0.447 e. The van der Waals surface area contributed by atoms with Crippen molar-refractivity contribution in [2.45, 2.75) is 38.0 Å². The van der Waals surface area contributed by atoms with E-state index in [1.54, 1.807) is 0 Å². The summed E-state index contributed by atoms with van der Waals surface area (Å²) in [5.74, 6) is -0.120. The number of ether oxygens (including phenoxy) is 1. The van der Waals surface area contributed by atoms with Gasteiger partial charge in [0.2, 0.25) is 5.91 Å². The number of imide groups is 1. The zero-order valence-electron chi connectivity index (χ0n) is 15.4. The number of amides is 2. The van der Waals surface area contributed by atoms with Gasteiger partial charge in [0.15, 0.2) is 0 Å².